The summed E-state index contributed by atoms with van der Waals surface area (Å²) in [6.45, 7) is 2.46. The van der Waals surface area contributed by atoms with Gasteiger partial charge in [-0.1, -0.05) is 12.1 Å². The number of sulfonamides is 1. The van der Waals surface area contributed by atoms with Gasteiger partial charge in [0, 0.05) is 25.6 Å². The third-order valence-electron chi connectivity index (χ3n) is 3.52. The van der Waals surface area contributed by atoms with Crippen molar-refractivity contribution in [2.75, 3.05) is 18.8 Å². The highest BCUT2D eigenvalue weighted by atomic mass is 32.2. The number of hydrogen-bond donors (Lipinski definition) is 1. The van der Waals surface area contributed by atoms with Crippen molar-refractivity contribution in [2.45, 2.75) is 25.8 Å². The highest BCUT2D eigenvalue weighted by molar-refractivity contribution is 7.89. The highest BCUT2D eigenvalue weighted by Crippen LogP contribution is 2.13. The van der Waals surface area contributed by atoms with E-state index in [-0.39, 0.29) is 29.9 Å². The molecule has 1 amide bonds. The molecule has 1 saturated heterocycles. The molecule has 0 spiro atoms. The fourth-order valence-electron chi connectivity index (χ4n) is 2.32. The lowest BCUT2D eigenvalue weighted by atomic mass is 10.1. The molecule has 0 aromatic heterocycles. The molecule has 0 bridgehead atoms. The van der Waals surface area contributed by atoms with Gasteiger partial charge in [-0.15, -0.1) is 0 Å². The van der Waals surface area contributed by atoms with E-state index in [4.69, 9.17) is 0 Å². The molecule has 21 heavy (non-hydrogen) atoms. The van der Waals surface area contributed by atoms with Gasteiger partial charge >= 0.3 is 0 Å². The maximum absolute atomic E-state index is 12.8. The second kappa shape index (κ2) is 6.53. The van der Waals surface area contributed by atoms with Crippen molar-refractivity contribution in [3.8, 4) is 0 Å². The van der Waals surface area contributed by atoms with Crippen LogP contribution in [0.5, 0.6) is 0 Å². The lowest BCUT2D eigenvalue weighted by Crippen LogP contribution is -2.38. The van der Waals surface area contributed by atoms with Crippen LogP contribution in [0.3, 0.4) is 0 Å². The maximum Gasteiger partial charge on any atom is 0.224 e. The molecule has 116 valence electrons. The second-order valence-corrected chi connectivity index (χ2v) is 7.18. The van der Waals surface area contributed by atoms with E-state index in [1.54, 1.807) is 24.0 Å². The Balaban J connectivity index is 1.87. The second-order valence-electron chi connectivity index (χ2n) is 5.14. The minimum Gasteiger partial charge on any atom is -0.341 e. The molecule has 1 aromatic rings. The zero-order valence-electron chi connectivity index (χ0n) is 11.9. The quantitative estimate of drug-likeness (QED) is 0.849. The normalized spacial score (nSPS) is 19.2. The average Bonchev–Trinajstić information content (AvgIpc) is 2.77. The number of rotatable bonds is 6. The van der Waals surface area contributed by atoms with Crippen LogP contribution in [0.4, 0.5) is 4.39 Å². The summed E-state index contributed by atoms with van der Waals surface area (Å²) in [5.41, 5.74) is 0.946. The van der Waals surface area contributed by atoms with Gasteiger partial charge < -0.3 is 4.90 Å². The van der Waals surface area contributed by atoms with Crippen LogP contribution in [0.2, 0.25) is 0 Å². The Labute approximate surface area is 124 Å². The summed E-state index contributed by atoms with van der Waals surface area (Å²) in [6.07, 6.45) is 0.821. The largest absolute Gasteiger partial charge is 0.341 e. The number of hydrogen-bond acceptors (Lipinski definition) is 3. The first-order chi connectivity index (χ1) is 9.89. The standard InChI is InChI=1S/C14H19FN2O3S/c1-2-21(19,20)16-13-9-14(18)17(10-13)8-7-11-3-5-12(15)6-4-11/h3-6,13,16H,2,7-10H2,1H3/t13-/m0/s1. The number of benzene rings is 1. The summed E-state index contributed by atoms with van der Waals surface area (Å²) in [5, 5.41) is 0. The van der Waals surface area contributed by atoms with Gasteiger partial charge in [0.2, 0.25) is 15.9 Å². The van der Waals surface area contributed by atoms with Crippen LogP contribution in [-0.2, 0) is 21.2 Å². The summed E-state index contributed by atoms with van der Waals surface area (Å²) in [4.78, 5) is 13.5. The van der Waals surface area contributed by atoms with Gasteiger partial charge in [0.1, 0.15) is 5.82 Å². The lowest BCUT2D eigenvalue weighted by molar-refractivity contribution is -0.127. The number of likely N-dealkylation sites (tertiary alicyclic amines) is 1. The smallest absolute Gasteiger partial charge is 0.224 e. The third-order valence-corrected chi connectivity index (χ3v) is 4.98. The fourth-order valence-corrected chi connectivity index (χ4v) is 3.15. The van der Waals surface area contributed by atoms with Gasteiger partial charge in [0.25, 0.3) is 0 Å². The Morgan fingerprint density at radius 1 is 1.33 bits per heavy atom. The van der Waals surface area contributed by atoms with Crippen molar-refractivity contribution in [1.29, 1.82) is 0 Å². The van der Waals surface area contributed by atoms with E-state index in [1.807, 2.05) is 0 Å². The van der Waals surface area contributed by atoms with Crippen LogP contribution in [-0.4, -0.2) is 44.1 Å². The Morgan fingerprint density at radius 3 is 2.62 bits per heavy atom. The van der Waals surface area contributed by atoms with E-state index in [1.165, 1.54) is 12.1 Å². The molecule has 5 nitrogen and oxygen atoms in total. The van der Waals surface area contributed by atoms with Crippen LogP contribution >= 0.6 is 0 Å². The number of amides is 1. The first-order valence-electron chi connectivity index (χ1n) is 6.92. The number of nitrogens with one attached hydrogen (secondary N) is 1. The summed E-state index contributed by atoms with van der Waals surface area (Å²) in [6, 6.07) is 5.80. The molecule has 2 rings (SSSR count). The van der Waals surface area contributed by atoms with Gasteiger partial charge in [0.15, 0.2) is 0 Å². The monoisotopic (exact) mass is 314 g/mol. The molecule has 0 saturated carbocycles. The molecule has 1 atom stereocenters. The van der Waals surface area contributed by atoms with Crippen molar-refractivity contribution in [1.82, 2.24) is 9.62 Å². The molecular formula is C14H19FN2O3S. The molecule has 0 aliphatic carbocycles. The maximum atomic E-state index is 12.8. The van der Waals surface area contributed by atoms with Crippen LogP contribution < -0.4 is 4.72 Å². The minimum absolute atomic E-state index is 0.00721. The predicted molar refractivity (Wildman–Crippen MR) is 77.7 cm³/mol. The minimum atomic E-state index is -3.29. The third kappa shape index (κ3) is 4.50. The molecule has 7 heteroatoms. The average molecular weight is 314 g/mol. The van der Waals surface area contributed by atoms with Gasteiger partial charge in [-0.2, -0.15) is 0 Å². The van der Waals surface area contributed by atoms with E-state index >= 15 is 0 Å². The van der Waals surface area contributed by atoms with E-state index in [2.05, 4.69) is 4.72 Å². The van der Waals surface area contributed by atoms with Crippen LogP contribution in [0.1, 0.15) is 18.9 Å². The topological polar surface area (TPSA) is 66.5 Å². The molecule has 0 radical (unpaired) electrons. The summed E-state index contributed by atoms with van der Waals surface area (Å²) in [5.74, 6) is -0.335. The van der Waals surface area contributed by atoms with E-state index in [0.29, 0.717) is 19.5 Å². The Morgan fingerprint density at radius 2 is 2.00 bits per heavy atom. The zero-order chi connectivity index (χ0) is 15.5. The van der Waals surface area contributed by atoms with Crippen molar-refractivity contribution < 1.29 is 17.6 Å². The molecule has 1 aromatic carbocycles. The van der Waals surface area contributed by atoms with Crippen molar-refractivity contribution in [3.63, 3.8) is 0 Å². The number of nitrogens with zero attached hydrogens (tertiary/aromatic N) is 1. The summed E-state index contributed by atoms with van der Waals surface area (Å²) < 4.78 is 38.3. The first-order valence-corrected chi connectivity index (χ1v) is 8.57. The van der Waals surface area contributed by atoms with Crippen molar-refractivity contribution >= 4 is 15.9 Å². The predicted octanol–water partition coefficient (Wildman–Crippen LogP) is 0.908. The van der Waals surface area contributed by atoms with Gasteiger partial charge in [0.05, 0.1) is 5.75 Å². The molecule has 1 aliphatic rings. The molecular weight excluding hydrogens is 295 g/mol. The fraction of sp³-hybridized carbons (Fsp3) is 0.500. The highest BCUT2D eigenvalue weighted by Gasteiger charge is 2.31. The van der Waals surface area contributed by atoms with Crippen LogP contribution in [0.15, 0.2) is 24.3 Å². The Hall–Kier alpha value is -1.47. The van der Waals surface area contributed by atoms with E-state index in [0.717, 1.165) is 5.56 Å². The number of halogens is 1. The molecule has 1 aliphatic heterocycles. The first kappa shape index (κ1) is 15.9. The van der Waals surface area contributed by atoms with Gasteiger partial charge in [-0.3, -0.25) is 4.79 Å². The van der Waals surface area contributed by atoms with Gasteiger partial charge in [-0.05, 0) is 31.0 Å². The SMILES string of the molecule is CCS(=O)(=O)N[C@H]1CC(=O)N(CCc2ccc(F)cc2)C1. The molecule has 0 unspecified atom stereocenters. The summed E-state index contributed by atoms with van der Waals surface area (Å²) in [7, 11) is -3.29. The molecule has 1 fully saturated rings. The molecule has 1 heterocycles. The van der Waals surface area contributed by atoms with Crippen LogP contribution in [0, 0.1) is 5.82 Å². The van der Waals surface area contributed by atoms with E-state index < -0.39 is 10.0 Å². The summed E-state index contributed by atoms with van der Waals surface area (Å²) >= 11 is 0. The Kier molecular flexibility index (Phi) is 4.95. The van der Waals surface area contributed by atoms with Crippen LogP contribution in [0.25, 0.3) is 0 Å². The van der Waals surface area contributed by atoms with E-state index in [9.17, 15) is 17.6 Å². The zero-order valence-corrected chi connectivity index (χ0v) is 12.7. The Bertz CT molecular complexity index is 601. The number of carbonyl (C=O) groups is 1. The van der Waals surface area contributed by atoms with Gasteiger partial charge in [-0.25, -0.2) is 17.5 Å². The van der Waals surface area contributed by atoms with Crippen molar-refractivity contribution in [2.24, 2.45) is 0 Å². The molecule has 1 N–H and O–H groups in total. The number of carbonyl (C=O) groups excluding carboxylic acids is 1. The lowest BCUT2D eigenvalue weighted by Gasteiger charge is -2.17. The van der Waals surface area contributed by atoms with Crippen molar-refractivity contribution in [3.05, 3.63) is 35.6 Å².